The number of ketones is 1. The molecular formula is C10H7Br2F3O. The minimum atomic E-state index is -4.51. The fourth-order valence-corrected chi connectivity index (χ4v) is 1.94. The van der Waals surface area contributed by atoms with E-state index >= 15 is 0 Å². The van der Waals surface area contributed by atoms with E-state index in [-0.39, 0.29) is 12.0 Å². The van der Waals surface area contributed by atoms with Crippen LogP contribution in [0, 0.1) is 0 Å². The minimum Gasteiger partial charge on any atom is -0.294 e. The van der Waals surface area contributed by atoms with Crippen LogP contribution in [0.2, 0.25) is 0 Å². The van der Waals surface area contributed by atoms with Crippen molar-refractivity contribution in [2.45, 2.75) is 12.6 Å². The summed E-state index contributed by atoms with van der Waals surface area (Å²) >= 11 is 5.98. The highest BCUT2D eigenvalue weighted by Crippen LogP contribution is 2.34. The first-order valence-corrected chi connectivity index (χ1v) is 6.23. The zero-order valence-electron chi connectivity index (χ0n) is 7.94. The van der Waals surface area contributed by atoms with Crippen LogP contribution in [0.4, 0.5) is 13.2 Å². The quantitative estimate of drug-likeness (QED) is 0.576. The van der Waals surface area contributed by atoms with Crippen molar-refractivity contribution in [2.75, 3.05) is 5.33 Å². The maximum Gasteiger partial charge on any atom is 0.417 e. The maximum atomic E-state index is 12.6. The van der Waals surface area contributed by atoms with Gasteiger partial charge in [-0.3, -0.25) is 4.79 Å². The molecule has 1 rings (SSSR count). The molecule has 0 unspecified atom stereocenters. The molecule has 0 saturated heterocycles. The number of halogens is 5. The number of hydrogen-bond donors (Lipinski definition) is 0. The van der Waals surface area contributed by atoms with E-state index in [0.717, 1.165) is 6.07 Å². The number of carbonyl (C=O) groups excluding carboxylic acids is 1. The van der Waals surface area contributed by atoms with Gasteiger partial charge in [0.1, 0.15) is 0 Å². The van der Waals surface area contributed by atoms with Gasteiger partial charge in [-0.1, -0.05) is 31.9 Å². The lowest BCUT2D eigenvalue weighted by Gasteiger charge is -2.12. The number of Topliss-reactive ketones (excluding diaryl/α,β-unsaturated/α-hetero) is 1. The molecule has 16 heavy (non-hydrogen) atoms. The molecule has 0 bridgehead atoms. The Hall–Kier alpha value is -0.360. The van der Waals surface area contributed by atoms with E-state index in [4.69, 9.17) is 0 Å². The van der Waals surface area contributed by atoms with Crippen LogP contribution in [0.15, 0.2) is 22.7 Å². The Bertz CT molecular complexity index is 402. The van der Waals surface area contributed by atoms with Crippen LogP contribution >= 0.6 is 31.9 Å². The molecule has 0 spiro atoms. The van der Waals surface area contributed by atoms with E-state index in [9.17, 15) is 18.0 Å². The first-order valence-electron chi connectivity index (χ1n) is 4.32. The van der Waals surface area contributed by atoms with Crippen molar-refractivity contribution in [1.29, 1.82) is 0 Å². The average Bonchev–Trinajstić information content (AvgIpc) is 2.16. The molecule has 0 fully saturated rings. The molecule has 1 aromatic carbocycles. The van der Waals surface area contributed by atoms with Gasteiger partial charge in [0.05, 0.1) is 5.56 Å². The van der Waals surface area contributed by atoms with Gasteiger partial charge in [-0.2, -0.15) is 13.2 Å². The molecule has 88 valence electrons. The number of rotatable bonds is 3. The predicted molar refractivity (Wildman–Crippen MR) is 61.9 cm³/mol. The van der Waals surface area contributed by atoms with Crippen LogP contribution < -0.4 is 0 Å². The first-order chi connectivity index (χ1) is 7.36. The molecule has 6 heteroatoms. The van der Waals surface area contributed by atoms with Crippen molar-refractivity contribution in [3.8, 4) is 0 Å². The molecule has 0 N–H and O–H groups in total. The van der Waals surface area contributed by atoms with Crippen LogP contribution in [0.3, 0.4) is 0 Å². The molecule has 0 aromatic heterocycles. The molecule has 0 amide bonds. The van der Waals surface area contributed by atoms with Crippen molar-refractivity contribution < 1.29 is 18.0 Å². The first kappa shape index (κ1) is 13.7. The third kappa shape index (κ3) is 3.31. The number of carbonyl (C=O) groups is 1. The molecular weight excluding hydrogens is 353 g/mol. The summed E-state index contributed by atoms with van der Waals surface area (Å²) in [5, 5.41) is 0.346. The molecule has 0 saturated carbocycles. The molecule has 0 aliphatic rings. The van der Waals surface area contributed by atoms with Gasteiger partial charge in [0.2, 0.25) is 0 Å². The highest BCUT2D eigenvalue weighted by molar-refractivity contribution is 9.10. The van der Waals surface area contributed by atoms with E-state index < -0.39 is 17.5 Å². The molecule has 0 heterocycles. The standard InChI is InChI=1S/C10H7Br2F3O/c11-4-3-9(16)7-2-1-6(12)5-8(7)10(13,14)15/h1-2,5H,3-4H2. The lowest BCUT2D eigenvalue weighted by atomic mass is 10.0. The predicted octanol–water partition coefficient (Wildman–Crippen LogP) is 4.44. The largest absolute Gasteiger partial charge is 0.417 e. The Morgan fingerprint density at radius 3 is 2.44 bits per heavy atom. The molecule has 1 nitrogen and oxygen atoms in total. The lowest BCUT2D eigenvalue weighted by molar-refractivity contribution is -0.137. The maximum absolute atomic E-state index is 12.6. The van der Waals surface area contributed by atoms with Gasteiger partial charge in [0, 0.05) is 21.8 Å². The lowest BCUT2D eigenvalue weighted by Crippen LogP contribution is -2.13. The van der Waals surface area contributed by atoms with Gasteiger partial charge in [-0.25, -0.2) is 0 Å². The van der Waals surface area contributed by atoms with Crippen LogP contribution in [0.25, 0.3) is 0 Å². The third-order valence-electron chi connectivity index (χ3n) is 1.91. The van der Waals surface area contributed by atoms with Crippen molar-refractivity contribution in [1.82, 2.24) is 0 Å². The fraction of sp³-hybridized carbons (Fsp3) is 0.300. The monoisotopic (exact) mass is 358 g/mol. The van der Waals surface area contributed by atoms with Gasteiger partial charge in [0.25, 0.3) is 0 Å². The molecule has 1 aromatic rings. The Morgan fingerprint density at radius 2 is 1.94 bits per heavy atom. The summed E-state index contributed by atoms with van der Waals surface area (Å²) in [6.07, 6.45) is -4.47. The summed E-state index contributed by atoms with van der Waals surface area (Å²) < 4.78 is 38.2. The highest BCUT2D eigenvalue weighted by Gasteiger charge is 2.35. The number of alkyl halides is 4. The van der Waals surface area contributed by atoms with E-state index in [1.165, 1.54) is 12.1 Å². The van der Waals surface area contributed by atoms with Gasteiger partial charge in [-0.05, 0) is 18.2 Å². The summed E-state index contributed by atoms with van der Waals surface area (Å²) in [6, 6.07) is 3.54. The smallest absolute Gasteiger partial charge is 0.294 e. The second kappa shape index (κ2) is 5.31. The molecule has 0 radical (unpaired) electrons. The average molecular weight is 360 g/mol. The van der Waals surface area contributed by atoms with Crippen molar-refractivity contribution in [3.05, 3.63) is 33.8 Å². The van der Waals surface area contributed by atoms with Crippen molar-refractivity contribution in [3.63, 3.8) is 0 Å². The summed E-state index contributed by atoms with van der Waals surface area (Å²) in [4.78, 5) is 11.5. The van der Waals surface area contributed by atoms with Gasteiger partial charge >= 0.3 is 6.18 Å². The van der Waals surface area contributed by atoms with E-state index in [2.05, 4.69) is 31.9 Å². The second-order valence-electron chi connectivity index (χ2n) is 3.05. The molecule has 0 aliphatic carbocycles. The topological polar surface area (TPSA) is 17.1 Å². The normalized spacial score (nSPS) is 11.6. The fourth-order valence-electron chi connectivity index (χ4n) is 1.21. The summed E-state index contributed by atoms with van der Waals surface area (Å²) in [5.74, 6) is -0.517. The SMILES string of the molecule is O=C(CCBr)c1ccc(Br)cc1C(F)(F)F. The number of hydrogen-bond acceptors (Lipinski definition) is 1. The highest BCUT2D eigenvalue weighted by atomic mass is 79.9. The summed E-state index contributed by atoms with van der Waals surface area (Å²) in [6.45, 7) is 0. The third-order valence-corrected chi connectivity index (χ3v) is 2.80. The van der Waals surface area contributed by atoms with E-state index in [0.29, 0.717) is 9.80 Å². The van der Waals surface area contributed by atoms with E-state index in [1.54, 1.807) is 0 Å². The van der Waals surface area contributed by atoms with Crippen molar-refractivity contribution in [2.24, 2.45) is 0 Å². The Kier molecular flexibility index (Phi) is 4.55. The van der Waals surface area contributed by atoms with E-state index in [1.807, 2.05) is 0 Å². The molecule has 0 aliphatic heterocycles. The van der Waals surface area contributed by atoms with Gasteiger partial charge < -0.3 is 0 Å². The Morgan fingerprint density at radius 1 is 1.31 bits per heavy atom. The second-order valence-corrected chi connectivity index (χ2v) is 4.76. The minimum absolute atomic E-state index is 0.0463. The zero-order valence-corrected chi connectivity index (χ0v) is 11.1. The van der Waals surface area contributed by atoms with Gasteiger partial charge in [-0.15, -0.1) is 0 Å². The summed E-state index contributed by atoms with van der Waals surface area (Å²) in [5.41, 5.74) is -1.18. The Labute approximate surface area is 107 Å². The van der Waals surface area contributed by atoms with Crippen LogP contribution in [0.1, 0.15) is 22.3 Å². The van der Waals surface area contributed by atoms with Gasteiger partial charge in [0.15, 0.2) is 5.78 Å². The van der Waals surface area contributed by atoms with Crippen LogP contribution in [0.5, 0.6) is 0 Å². The summed E-state index contributed by atoms with van der Waals surface area (Å²) in [7, 11) is 0. The van der Waals surface area contributed by atoms with Crippen LogP contribution in [-0.2, 0) is 6.18 Å². The number of benzene rings is 1. The Balaban J connectivity index is 3.23. The van der Waals surface area contributed by atoms with Crippen molar-refractivity contribution >= 4 is 37.6 Å². The zero-order chi connectivity index (χ0) is 12.3. The van der Waals surface area contributed by atoms with Crippen LogP contribution in [-0.4, -0.2) is 11.1 Å². The molecule has 0 atom stereocenters.